The molecule has 0 aliphatic heterocycles. The molecule has 0 N–H and O–H groups in total. The van der Waals surface area contributed by atoms with E-state index in [0.29, 0.717) is 12.1 Å². The molecule has 0 unspecified atom stereocenters. The van der Waals surface area contributed by atoms with E-state index in [1.54, 1.807) is 0 Å². The van der Waals surface area contributed by atoms with Crippen LogP contribution in [0.2, 0.25) is 0 Å². The van der Waals surface area contributed by atoms with Gasteiger partial charge in [-0.15, -0.1) is 0 Å². The number of carbonyl (C=O) groups is 1. The van der Waals surface area contributed by atoms with Gasteiger partial charge in [0.05, 0.1) is 28.6 Å². The second-order valence-electron chi connectivity index (χ2n) is 2.85. The van der Waals surface area contributed by atoms with Gasteiger partial charge in [0.25, 0.3) is 11.4 Å². The first-order chi connectivity index (χ1) is 7.88. The average molecular weight is 241 g/mol. The summed E-state index contributed by atoms with van der Waals surface area (Å²) in [4.78, 5) is 30.0. The quantitative estimate of drug-likeness (QED) is 0.423. The normalized spacial score (nSPS) is 9.71. The third-order valence-electron chi connectivity index (χ3n) is 1.87. The molecule has 90 valence electrons. The predicted octanol–water partition coefficient (Wildman–Crippen LogP) is 0.363. The van der Waals surface area contributed by atoms with E-state index in [1.165, 1.54) is 0 Å². The molecule has 0 aliphatic carbocycles. The highest BCUT2D eigenvalue weighted by molar-refractivity contribution is 5.94. The highest BCUT2D eigenvalue weighted by atomic mass is 16.6. The second-order valence-corrected chi connectivity index (χ2v) is 2.85. The van der Waals surface area contributed by atoms with Crippen LogP contribution in [0.5, 0.6) is 5.75 Å². The molecule has 17 heavy (non-hydrogen) atoms. The molecular weight excluding hydrogens is 236 g/mol. The van der Waals surface area contributed by atoms with E-state index in [9.17, 15) is 30.1 Å². The van der Waals surface area contributed by atoms with Gasteiger partial charge in [-0.2, -0.15) is 0 Å². The van der Waals surface area contributed by atoms with Crippen molar-refractivity contribution < 1.29 is 24.5 Å². The number of esters is 1. The molecule has 0 heterocycles. The average Bonchev–Trinajstić information content (AvgIpc) is 2.27. The maximum absolute atomic E-state index is 11.4. The number of benzene rings is 1. The monoisotopic (exact) mass is 241 g/mol. The first-order valence-corrected chi connectivity index (χ1v) is 4.10. The van der Waals surface area contributed by atoms with Crippen molar-refractivity contribution in [2.75, 3.05) is 7.11 Å². The Hall–Kier alpha value is -2.71. The van der Waals surface area contributed by atoms with Crippen LogP contribution in [0, 0.1) is 20.2 Å². The van der Waals surface area contributed by atoms with Gasteiger partial charge in [0.15, 0.2) is 0 Å². The molecule has 0 amide bonds. The van der Waals surface area contributed by atoms with Crippen molar-refractivity contribution in [3.05, 3.63) is 37.9 Å². The van der Waals surface area contributed by atoms with E-state index >= 15 is 0 Å². The number of hydrogen-bond acceptors (Lipinski definition) is 7. The largest absolute Gasteiger partial charge is 0.867 e. The molecule has 0 aliphatic rings. The molecule has 0 saturated heterocycles. The number of ether oxygens (including phenoxy) is 1. The maximum Gasteiger partial charge on any atom is 0.337 e. The molecule has 0 radical (unpaired) electrons. The molecule has 1 rings (SSSR count). The topological polar surface area (TPSA) is 136 Å². The zero-order valence-electron chi connectivity index (χ0n) is 8.41. The minimum Gasteiger partial charge on any atom is -0.867 e. The fourth-order valence-electron chi connectivity index (χ4n) is 1.10. The van der Waals surface area contributed by atoms with Crippen LogP contribution in [0.3, 0.4) is 0 Å². The molecular formula is C8H5N2O7-. The van der Waals surface area contributed by atoms with Crippen molar-refractivity contribution in [3.63, 3.8) is 0 Å². The number of nitrogens with zero attached hydrogens (tertiary/aromatic N) is 2. The summed E-state index contributed by atoms with van der Waals surface area (Å²) in [5, 5.41) is 32.4. The number of carbonyl (C=O) groups excluding carboxylic acids is 1. The lowest BCUT2D eigenvalue weighted by Gasteiger charge is -2.11. The van der Waals surface area contributed by atoms with Crippen molar-refractivity contribution in [2.24, 2.45) is 0 Å². The minimum absolute atomic E-state index is 0.495. The lowest BCUT2D eigenvalue weighted by molar-refractivity contribution is -0.403. The van der Waals surface area contributed by atoms with Gasteiger partial charge >= 0.3 is 5.97 Å². The second kappa shape index (κ2) is 4.43. The summed E-state index contributed by atoms with van der Waals surface area (Å²) in [5.74, 6) is -2.38. The Kier molecular flexibility index (Phi) is 3.22. The first kappa shape index (κ1) is 12.4. The smallest absolute Gasteiger partial charge is 0.337 e. The molecule has 0 spiro atoms. The molecule has 1 aromatic carbocycles. The fourth-order valence-corrected chi connectivity index (χ4v) is 1.10. The van der Waals surface area contributed by atoms with Crippen LogP contribution in [-0.4, -0.2) is 22.9 Å². The summed E-state index contributed by atoms with van der Waals surface area (Å²) in [5.41, 5.74) is -2.51. The summed E-state index contributed by atoms with van der Waals surface area (Å²) in [6.07, 6.45) is 0. The summed E-state index contributed by atoms with van der Waals surface area (Å²) in [6, 6.07) is 1.13. The Morgan fingerprint density at radius 3 is 2.24 bits per heavy atom. The minimum atomic E-state index is -1.22. The van der Waals surface area contributed by atoms with E-state index in [1.807, 2.05) is 0 Å². The van der Waals surface area contributed by atoms with Gasteiger partial charge in [0.2, 0.25) is 0 Å². The van der Waals surface area contributed by atoms with E-state index in [4.69, 9.17) is 0 Å². The molecule has 9 nitrogen and oxygen atoms in total. The predicted molar refractivity (Wildman–Crippen MR) is 50.5 cm³/mol. The van der Waals surface area contributed by atoms with Crippen molar-refractivity contribution in [1.82, 2.24) is 0 Å². The van der Waals surface area contributed by atoms with Gasteiger partial charge in [-0.05, 0) is 5.75 Å². The summed E-state index contributed by atoms with van der Waals surface area (Å²) < 4.78 is 4.20. The molecule has 0 fully saturated rings. The van der Waals surface area contributed by atoms with Crippen molar-refractivity contribution in [1.29, 1.82) is 0 Å². The highest BCUT2D eigenvalue weighted by Gasteiger charge is 2.22. The number of rotatable bonds is 3. The van der Waals surface area contributed by atoms with Crippen LogP contribution in [0.1, 0.15) is 10.4 Å². The van der Waals surface area contributed by atoms with Crippen LogP contribution in [0.4, 0.5) is 11.4 Å². The van der Waals surface area contributed by atoms with Crippen LogP contribution < -0.4 is 5.11 Å². The van der Waals surface area contributed by atoms with Gasteiger partial charge in [-0.3, -0.25) is 20.2 Å². The van der Waals surface area contributed by atoms with Crippen LogP contribution in [-0.2, 0) is 4.74 Å². The Balaban J connectivity index is 3.54. The number of methoxy groups -OCH3 is 1. The Labute approximate surface area is 93.5 Å². The Morgan fingerprint density at radius 2 is 1.82 bits per heavy atom. The lowest BCUT2D eigenvalue weighted by Crippen LogP contribution is -2.10. The summed E-state index contributed by atoms with van der Waals surface area (Å²) in [7, 11) is 0.951. The summed E-state index contributed by atoms with van der Waals surface area (Å²) in [6.45, 7) is 0. The van der Waals surface area contributed by atoms with Gasteiger partial charge in [-0.1, -0.05) is 0 Å². The van der Waals surface area contributed by atoms with E-state index < -0.39 is 38.5 Å². The van der Waals surface area contributed by atoms with Crippen LogP contribution >= 0.6 is 0 Å². The SMILES string of the molecule is COC(=O)c1cc([N+](=O)[O-])cc([N+](=O)[O-])c1[O-]. The molecule has 0 aromatic heterocycles. The molecule has 9 heteroatoms. The van der Waals surface area contributed by atoms with Crippen LogP contribution in [0.25, 0.3) is 0 Å². The number of hydrogen-bond donors (Lipinski definition) is 0. The fraction of sp³-hybridized carbons (Fsp3) is 0.125. The number of nitro groups is 2. The Bertz CT molecular complexity index is 511. The summed E-state index contributed by atoms with van der Waals surface area (Å²) >= 11 is 0. The zero-order chi connectivity index (χ0) is 13.2. The number of non-ortho nitro benzene ring substituents is 1. The van der Waals surface area contributed by atoms with E-state index in [2.05, 4.69) is 4.74 Å². The highest BCUT2D eigenvalue weighted by Crippen LogP contribution is 2.32. The Morgan fingerprint density at radius 1 is 1.24 bits per heavy atom. The van der Waals surface area contributed by atoms with Gasteiger partial charge < -0.3 is 9.84 Å². The molecule has 0 bridgehead atoms. The molecule has 0 atom stereocenters. The van der Waals surface area contributed by atoms with Crippen molar-refractivity contribution in [3.8, 4) is 5.75 Å². The standard InChI is InChI=1S/C8H6N2O7/c1-17-8(12)5-2-4(9(13)14)3-6(7(5)11)10(15)16/h2-3,11H,1H3/p-1. The first-order valence-electron chi connectivity index (χ1n) is 4.10. The van der Waals surface area contributed by atoms with Gasteiger partial charge in [-0.25, -0.2) is 4.79 Å². The van der Waals surface area contributed by atoms with Gasteiger partial charge in [0.1, 0.15) is 0 Å². The van der Waals surface area contributed by atoms with Crippen LogP contribution in [0.15, 0.2) is 12.1 Å². The lowest BCUT2D eigenvalue weighted by atomic mass is 10.1. The maximum atomic E-state index is 11.4. The zero-order valence-corrected chi connectivity index (χ0v) is 8.41. The van der Waals surface area contributed by atoms with E-state index in [0.717, 1.165) is 7.11 Å². The van der Waals surface area contributed by atoms with Crippen molar-refractivity contribution >= 4 is 17.3 Å². The van der Waals surface area contributed by atoms with Gasteiger partial charge in [0, 0.05) is 6.07 Å². The third kappa shape index (κ3) is 2.27. The molecule has 1 aromatic rings. The molecule has 0 saturated carbocycles. The third-order valence-corrected chi connectivity index (χ3v) is 1.87. The van der Waals surface area contributed by atoms with Crippen molar-refractivity contribution in [2.45, 2.75) is 0 Å². The van der Waals surface area contributed by atoms with E-state index in [-0.39, 0.29) is 0 Å². The number of nitro benzene ring substituents is 2.